The number of aryl methyl sites for hydroxylation is 1. The Balaban J connectivity index is 1.32. The van der Waals surface area contributed by atoms with Crippen molar-refractivity contribution in [1.29, 1.82) is 0 Å². The highest BCUT2D eigenvalue weighted by Gasteiger charge is 2.32. The van der Waals surface area contributed by atoms with Crippen molar-refractivity contribution in [3.05, 3.63) is 198 Å². The van der Waals surface area contributed by atoms with Crippen molar-refractivity contribution in [3.63, 3.8) is 0 Å². The lowest BCUT2D eigenvalue weighted by molar-refractivity contribution is 0.585. The zero-order valence-corrected chi connectivity index (χ0v) is 28.9. The molecule has 5 aromatic carbocycles. The van der Waals surface area contributed by atoms with Crippen molar-refractivity contribution in [2.75, 3.05) is 0 Å². The molecule has 1 atom stereocenters. The van der Waals surface area contributed by atoms with Crippen LogP contribution < -0.4 is 14.9 Å². The van der Waals surface area contributed by atoms with Crippen molar-refractivity contribution in [2.24, 2.45) is 4.99 Å². The second-order valence-electron chi connectivity index (χ2n) is 12.4. The first-order valence-corrected chi connectivity index (χ1v) is 18.1. The predicted octanol–water partition coefficient (Wildman–Crippen LogP) is 9.21. The highest BCUT2D eigenvalue weighted by atomic mass is 79.9. The summed E-state index contributed by atoms with van der Waals surface area (Å²) >= 11 is 5.09. The van der Waals surface area contributed by atoms with Gasteiger partial charge in [0.15, 0.2) is 4.80 Å². The third-order valence-corrected chi connectivity index (χ3v) is 11.0. The summed E-state index contributed by atoms with van der Waals surface area (Å²) in [5.74, 6) is 0. The molecule has 0 amide bonds. The van der Waals surface area contributed by atoms with Crippen LogP contribution in [0.3, 0.4) is 0 Å². The van der Waals surface area contributed by atoms with Crippen LogP contribution in [0.4, 0.5) is 0 Å². The zero-order valence-electron chi connectivity index (χ0n) is 26.5. The van der Waals surface area contributed by atoms with Gasteiger partial charge in [-0.3, -0.25) is 9.36 Å². The van der Waals surface area contributed by atoms with Crippen LogP contribution in [0.15, 0.2) is 165 Å². The molecule has 0 saturated carbocycles. The zero-order chi connectivity index (χ0) is 32.9. The number of benzene rings is 5. The Morgan fingerprint density at radius 2 is 1.39 bits per heavy atom. The number of aromatic nitrogens is 2. The number of allylic oxidation sites excluding steroid dienone is 1. The van der Waals surface area contributed by atoms with Gasteiger partial charge in [-0.1, -0.05) is 143 Å². The molecule has 4 nitrogen and oxygen atoms in total. The summed E-state index contributed by atoms with van der Waals surface area (Å²) in [6.07, 6.45) is 3.87. The molecule has 0 radical (unpaired) electrons. The van der Waals surface area contributed by atoms with Crippen LogP contribution in [-0.2, 0) is 6.42 Å². The number of thiazole rings is 1. The standard InChI is InChI=1S/C43H30BrN3OS/c44-33-23-20-31(21-24-33)41-36-25-22-28-12-10-11-19-35(28)39(36)45-43-47(41)42(48)38(49-43)27-32-26-37(29-13-4-1-5-14-29)46(34-17-8-3-9-18-34)40(32)30-15-6-2-7-16-30/h1-21,23-24,26-27,41H,22,25H2/b38-27+/t41-/m1/s1. The summed E-state index contributed by atoms with van der Waals surface area (Å²) < 4.78 is 5.92. The van der Waals surface area contributed by atoms with Gasteiger partial charge in [0.25, 0.3) is 5.56 Å². The second-order valence-corrected chi connectivity index (χ2v) is 14.3. The number of rotatable bonds is 5. The van der Waals surface area contributed by atoms with E-state index in [-0.39, 0.29) is 11.6 Å². The predicted molar refractivity (Wildman–Crippen MR) is 204 cm³/mol. The van der Waals surface area contributed by atoms with Crippen molar-refractivity contribution in [2.45, 2.75) is 18.9 Å². The van der Waals surface area contributed by atoms with Crippen LogP contribution in [0, 0.1) is 0 Å². The van der Waals surface area contributed by atoms with E-state index in [9.17, 15) is 4.79 Å². The summed E-state index contributed by atoms with van der Waals surface area (Å²) in [6.45, 7) is 0. The molecule has 2 aromatic heterocycles. The quantitative estimate of drug-likeness (QED) is 0.175. The topological polar surface area (TPSA) is 39.3 Å². The van der Waals surface area contributed by atoms with E-state index in [1.165, 1.54) is 28.0 Å². The minimum atomic E-state index is -0.225. The third kappa shape index (κ3) is 5.19. The van der Waals surface area contributed by atoms with Crippen LogP contribution in [0.2, 0.25) is 0 Å². The normalized spacial score (nSPS) is 15.4. The van der Waals surface area contributed by atoms with E-state index in [4.69, 9.17) is 4.99 Å². The highest BCUT2D eigenvalue weighted by Crippen LogP contribution is 2.42. The van der Waals surface area contributed by atoms with Gasteiger partial charge in [0, 0.05) is 21.3 Å². The van der Waals surface area contributed by atoms with Gasteiger partial charge in [0.05, 0.1) is 27.7 Å². The first kappa shape index (κ1) is 29.8. The minimum absolute atomic E-state index is 0.0187. The molecule has 0 unspecified atom stereocenters. The minimum Gasteiger partial charge on any atom is -0.309 e. The fourth-order valence-corrected chi connectivity index (χ4v) is 8.56. The van der Waals surface area contributed by atoms with Gasteiger partial charge >= 0.3 is 0 Å². The maximum absolute atomic E-state index is 14.7. The molecular weight excluding hydrogens is 686 g/mol. The Morgan fingerprint density at radius 3 is 2.12 bits per heavy atom. The van der Waals surface area contributed by atoms with E-state index in [1.54, 1.807) is 0 Å². The van der Waals surface area contributed by atoms with E-state index in [0.29, 0.717) is 4.53 Å². The summed E-state index contributed by atoms with van der Waals surface area (Å²) in [7, 11) is 0. The van der Waals surface area contributed by atoms with E-state index < -0.39 is 0 Å². The molecule has 7 aromatic rings. The maximum atomic E-state index is 14.7. The molecule has 0 N–H and O–H groups in total. The number of fused-ring (bicyclic) bond motifs is 3. The average molecular weight is 717 g/mol. The number of hydrogen-bond acceptors (Lipinski definition) is 3. The summed E-state index contributed by atoms with van der Waals surface area (Å²) in [5.41, 5.74) is 12.1. The smallest absolute Gasteiger partial charge is 0.271 e. The Morgan fingerprint density at radius 1 is 0.735 bits per heavy atom. The number of nitrogens with zero attached hydrogens (tertiary/aromatic N) is 3. The molecule has 6 heteroatoms. The lowest BCUT2D eigenvalue weighted by atomic mass is 9.83. The maximum Gasteiger partial charge on any atom is 0.271 e. The summed E-state index contributed by atoms with van der Waals surface area (Å²) in [4.78, 5) is 20.7. The molecule has 2 aliphatic rings. The van der Waals surface area contributed by atoms with Crippen LogP contribution in [0.25, 0.3) is 40.0 Å². The van der Waals surface area contributed by atoms with Crippen molar-refractivity contribution in [3.8, 4) is 28.2 Å². The van der Waals surface area contributed by atoms with E-state index in [2.05, 4.69) is 154 Å². The molecule has 0 spiro atoms. The fourth-order valence-electron chi connectivity index (χ4n) is 7.31. The molecule has 0 bridgehead atoms. The molecule has 0 fully saturated rings. The Labute approximate surface area is 296 Å². The second kappa shape index (κ2) is 12.3. The summed E-state index contributed by atoms with van der Waals surface area (Å²) in [5, 5.41) is 0. The lowest BCUT2D eigenvalue weighted by Gasteiger charge is -2.30. The Hall–Kier alpha value is -5.30. The Bertz CT molecular complexity index is 2560. The van der Waals surface area contributed by atoms with Crippen molar-refractivity contribution < 1.29 is 0 Å². The molecule has 0 saturated heterocycles. The van der Waals surface area contributed by atoms with Gasteiger partial charge in [-0.2, -0.15) is 0 Å². The van der Waals surface area contributed by atoms with Crippen LogP contribution in [0.5, 0.6) is 0 Å². The van der Waals surface area contributed by atoms with Gasteiger partial charge in [-0.15, -0.1) is 0 Å². The first-order valence-electron chi connectivity index (χ1n) is 16.4. The van der Waals surface area contributed by atoms with Gasteiger partial charge < -0.3 is 4.57 Å². The molecule has 49 heavy (non-hydrogen) atoms. The molecule has 1 aliphatic heterocycles. The highest BCUT2D eigenvalue weighted by molar-refractivity contribution is 9.10. The lowest BCUT2D eigenvalue weighted by Crippen LogP contribution is -2.38. The number of halogens is 1. The largest absolute Gasteiger partial charge is 0.309 e. The van der Waals surface area contributed by atoms with Crippen LogP contribution in [-0.4, -0.2) is 9.13 Å². The third-order valence-electron chi connectivity index (χ3n) is 9.51. The molecule has 3 heterocycles. The molecule has 9 rings (SSSR count). The summed E-state index contributed by atoms with van der Waals surface area (Å²) in [6, 6.07) is 50.3. The SMILES string of the molecule is O=c1/c(=C\c2cc(-c3ccccc3)n(-c3ccccc3)c2-c2ccccc2)sc2n1[C@H](c1ccc(Br)cc1)C1=C(N=2)c2ccccc2CC1. The number of hydrogen-bond donors (Lipinski definition) is 0. The van der Waals surface area contributed by atoms with Crippen molar-refractivity contribution in [1.82, 2.24) is 9.13 Å². The van der Waals surface area contributed by atoms with Gasteiger partial charge in [-0.05, 0) is 77.1 Å². The fraction of sp³-hybridized carbons (Fsp3) is 0.0698. The first-order chi connectivity index (χ1) is 24.1. The molecule has 1 aliphatic carbocycles. The van der Waals surface area contributed by atoms with Gasteiger partial charge in [0.1, 0.15) is 0 Å². The van der Waals surface area contributed by atoms with E-state index in [0.717, 1.165) is 67.1 Å². The van der Waals surface area contributed by atoms with Crippen LogP contribution >= 0.6 is 27.3 Å². The van der Waals surface area contributed by atoms with Gasteiger partial charge in [0.2, 0.25) is 0 Å². The van der Waals surface area contributed by atoms with E-state index in [1.807, 2.05) is 22.8 Å². The average Bonchev–Trinajstić information content (AvgIpc) is 3.69. The monoisotopic (exact) mass is 715 g/mol. The van der Waals surface area contributed by atoms with Crippen molar-refractivity contribution >= 4 is 39.0 Å². The van der Waals surface area contributed by atoms with Gasteiger partial charge in [-0.25, -0.2) is 4.99 Å². The van der Waals surface area contributed by atoms with Crippen LogP contribution in [0.1, 0.15) is 34.7 Å². The molecular formula is C43H30BrN3OS. The Kier molecular flexibility index (Phi) is 7.48. The molecule has 236 valence electrons. The number of para-hydroxylation sites is 1. The van der Waals surface area contributed by atoms with E-state index >= 15 is 0 Å².